The van der Waals surface area contributed by atoms with Crippen molar-refractivity contribution in [2.75, 3.05) is 5.32 Å². The number of rotatable bonds is 2. The number of halogens is 1. The molecule has 0 aliphatic rings. The predicted octanol–water partition coefficient (Wildman–Crippen LogP) is 3.17. The fourth-order valence-corrected chi connectivity index (χ4v) is 1.74. The third-order valence-corrected chi connectivity index (χ3v) is 2.83. The molecule has 5 heteroatoms. The van der Waals surface area contributed by atoms with Crippen LogP contribution in [0.5, 0.6) is 0 Å². The number of carbonyl (C=O) groups is 1. The molecule has 94 valence electrons. The number of nitrogens with zero attached hydrogens (tertiary/aromatic N) is 2. The lowest BCUT2D eigenvalue weighted by molar-refractivity contribution is 0.102. The molecule has 0 radical (unpaired) electrons. The third kappa shape index (κ3) is 3.09. The summed E-state index contributed by atoms with van der Waals surface area (Å²) in [6.07, 6.45) is 1.57. The highest BCUT2D eigenvalue weighted by Gasteiger charge is 2.09. The van der Waals surface area contributed by atoms with Crippen LogP contribution in [0.4, 0.5) is 5.69 Å². The van der Waals surface area contributed by atoms with Crippen molar-refractivity contribution in [1.82, 2.24) is 4.98 Å². The first-order chi connectivity index (χ1) is 9.10. The zero-order chi connectivity index (χ0) is 13.8. The number of aryl methyl sites for hydroxylation is 1. The molecule has 1 heterocycles. The first-order valence-electron chi connectivity index (χ1n) is 5.54. The molecule has 0 aliphatic carbocycles. The number of hydrogen-bond acceptors (Lipinski definition) is 3. The second kappa shape index (κ2) is 5.51. The van der Waals surface area contributed by atoms with E-state index in [4.69, 9.17) is 16.9 Å². The molecule has 1 aromatic carbocycles. The molecule has 2 aromatic rings. The Bertz CT molecular complexity index is 677. The summed E-state index contributed by atoms with van der Waals surface area (Å²) in [5.41, 5.74) is 2.10. The van der Waals surface area contributed by atoms with E-state index >= 15 is 0 Å². The van der Waals surface area contributed by atoms with Crippen LogP contribution in [-0.4, -0.2) is 10.9 Å². The molecule has 0 unspecified atom stereocenters. The monoisotopic (exact) mass is 271 g/mol. The Morgan fingerprint density at radius 2 is 2.16 bits per heavy atom. The van der Waals surface area contributed by atoms with Crippen molar-refractivity contribution in [2.45, 2.75) is 6.92 Å². The number of nitriles is 1. The first-order valence-corrected chi connectivity index (χ1v) is 5.91. The van der Waals surface area contributed by atoms with Gasteiger partial charge in [0, 0.05) is 17.5 Å². The molecule has 1 N–H and O–H groups in total. The Kier molecular flexibility index (Phi) is 3.79. The van der Waals surface area contributed by atoms with Crippen molar-refractivity contribution >= 4 is 23.2 Å². The van der Waals surface area contributed by atoms with E-state index in [1.54, 1.807) is 37.4 Å². The Morgan fingerprint density at radius 3 is 2.84 bits per heavy atom. The molecule has 0 bridgehead atoms. The van der Waals surface area contributed by atoms with E-state index in [9.17, 15) is 4.79 Å². The highest BCUT2D eigenvalue weighted by Crippen LogP contribution is 2.23. The molecule has 0 saturated heterocycles. The van der Waals surface area contributed by atoms with Crippen LogP contribution in [-0.2, 0) is 0 Å². The summed E-state index contributed by atoms with van der Waals surface area (Å²) in [4.78, 5) is 16.1. The highest BCUT2D eigenvalue weighted by molar-refractivity contribution is 6.34. The summed E-state index contributed by atoms with van der Waals surface area (Å²) in [7, 11) is 0. The van der Waals surface area contributed by atoms with Gasteiger partial charge in [-0.3, -0.25) is 9.78 Å². The highest BCUT2D eigenvalue weighted by atomic mass is 35.5. The molecule has 1 aromatic heterocycles. The van der Waals surface area contributed by atoms with Crippen molar-refractivity contribution in [3.8, 4) is 6.07 Å². The minimum Gasteiger partial charge on any atom is -0.321 e. The maximum Gasteiger partial charge on any atom is 0.255 e. The van der Waals surface area contributed by atoms with Crippen molar-refractivity contribution in [2.24, 2.45) is 0 Å². The lowest BCUT2D eigenvalue weighted by Crippen LogP contribution is -2.12. The van der Waals surface area contributed by atoms with Gasteiger partial charge in [-0.25, -0.2) is 0 Å². The second-order valence-corrected chi connectivity index (χ2v) is 4.35. The van der Waals surface area contributed by atoms with Gasteiger partial charge in [0.1, 0.15) is 0 Å². The van der Waals surface area contributed by atoms with E-state index in [2.05, 4.69) is 10.3 Å². The van der Waals surface area contributed by atoms with E-state index in [1.165, 1.54) is 6.07 Å². The van der Waals surface area contributed by atoms with Gasteiger partial charge in [-0.05, 0) is 37.3 Å². The molecule has 1 amide bonds. The van der Waals surface area contributed by atoms with Gasteiger partial charge in [-0.15, -0.1) is 0 Å². The molecular weight excluding hydrogens is 262 g/mol. The number of aromatic nitrogens is 1. The Morgan fingerprint density at radius 1 is 1.37 bits per heavy atom. The van der Waals surface area contributed by atoms with E-state index in [1.807, 2.05) is 6.07 Å². The zero-order valence-electron chi connectivity index (χ0n) is 10.1. The zero-order valence-corrected chi connectivity index (χ0v) is 10.9. The van der Waals surface area contributed by atoms with Crippen LogP contribution >= 0.6 is 11.6 Å². The van der Waals surface area contributed by atoms with Crippen LogP contribution in [0.15, 0.2) is 36.5 Å². The predicted molar refractivity (Wildman–Crippen MR) is 73.1 cm³/mol. The third-order valence-electron chi connectivity index (χ3n) is 2.50. The van der Waals surface area contributed by atoms with Gasteiger partial charge in [-0.2, -0.15) is 5.26 Å². The van der Waals surface area contributed by atoms with Gasteiger partial charge >= 0.3 is 0 Å². The minimum atomic E-state index is -0.289. The quantitative estimate of drug-likeness (QED) is 0.912. The number of benzene rings is 1. The Hall–Kier alpha value is -2.38. The summed E-state index contributed by atoms with van der Waals surface area (Å²) < 4.78 is 0. The van der Waals surface area contributed by atoms with Gasteiger partial charge in [-0.1, -0.05) is 11.6 Å². The molecule has 0 spiro atoms. The topological polar surface area (TPSA) is 65.8 Å². The van der Waals surface area contributed by atoms with Crippen molar-refractivity contribution in [3.05, 3.63) is 58.4 Å². The fourth-order valence-electron chi connectivity index (χ4n) is 1.57. The van der Waals surface area contributed by atoms with Crippen LogP contribution in [0.1, 0.15) is 21.6 Å². The van der Waals surface area contributed by atoms with Crippen LogP contribution in [0.3, 0.4) is 0 Å². The Balaban J connectivity index is 2.27. The van der Waals surface area contributed by atoms with E-state index in [0.717, 1.165) is 5.69 Å². The fraction of sp³-hybridized carbons (Fsp3) is 0.0714. The van der Waals surface area contributed by atoms with Gasteiger partial charge in [0.25, 0.3) is 5.91 Å². The Labute approximate surface area is 115 Å². The summed E-state index contributed by atoms with van der Waals surface area (Å²) in [6, 6.07) is 9.99. The maximum atomic E-state index is 12.0. The second-order valence-electron chi connectivity index (χ2n) is 3.95. The smallest absolute Gasteiger partial charge is 0.255 e. The van der Waals surface area contributed by atoms with Gasteiger partial charge < -0.3 is 5.32 Å². The normalized spacial score (nSPS) is 9.74. The number of carbonyl (C=O) groups excluding carboxylic acids is 1. The number of amides is 1. The molecule has 0 saturated carbocycles. The molecular formula is C14H10ClN3O. The summed E-state index contributed by atoms with van der Waals surface area (Å²) >= 11 is 5.98. The van der Waals surface area contributed by atoms with Crippen LogP contribution in [0, 0.1) is 18.3 Å². The number of anilines is 1. The SMILES string of the molecule is Cc1cc(C(=O)Nc2cc(C#N)ccc2Cl)ccn1. The van der Waals surface area contributed by atoms with Crippen molar-refractivity contribution in [3.63, 3.8) is 0 Å². The van der Waals surface area contributed by atoms with Crippen LogP contribution in [0.25, 0.3) is 0 Å². The molecule has 0 aliphatic heterocycles. The first kappa shape index (κ1) is 13.1. The molecule has 0 fully saturated rings. The van der Waals surface area contributed by atoms with Crippen molar-refractivity contribution in [1.29, 1.82) is 5.26 Å². The lowest BCUT2D eigenvalue weighted by Gasteiger charge is -2.07. The van der Waals surface area contributed by atoms with E-state index in [-0.39, 0.29) is 5.91 Å². The van der Waals surface area contributed by atoms with Crippen molar-refractivity contribution < 1.29 is 4.79 Å². The average Bonchev–Trinajstić information content (AvgIpc) is 2.41. The molecule has 0 atom stereocenters. The van der Waals surface area contributed by atoms with Gasteiger partial charge in [0.05, 0.1) is 22.3 Å². The van der Waals surface area contributed by atoms with Crippen LogP contribution in [0.2, 0.25) is 5.02 Å². The molecule has 4 nitrogen and oxygen atoms in total. The number of hydrogen-bond donors (Lipinski definition) is 1. The standard InChI is InChI=1S/C14H10ClN3O/c1-9-6-11(4-5-17-9)14(19)18-13-7-10(8-16)2-3-12(13)15/h2-7H,1H3,(H,18,19). The lowest BCUT2D eigenvalue weighted by atomic mass is 10.2. The number of pyridine rings is 1. The number of nitrogens with one attached hydrogen (secondary N) is 1. The molecule has 2 rings (SSSR count). The maximum absolute atomic E-state index is 12.0. The summed E-state index contributed by atoms with van der Waals surface area (Å²) in [5, 5.41) is 11.9. The van der Waals surface area contributed by atoms with Gasteiger partial charge in [0.2, 0.25) is 0 Å². The van der Waals surface area contributed by atoms with Gasteiger partial charge in [0.15, 0.2) is 0 Å². The largest absolute Gasteiger partial charge is 0.321 e. The van der Waals surface area contributed by atoms with Crippen LogP contribution < -0.4 is 5.32 Å². The minimum absolute atomic E-state index is 0.289. The van der Waals surface area contributed by atoms with E-state index < -0.39 is 0 Å². The van der Waals surface area contributed by atoms with E-state index in [0.29, 0.717) is 21.8 Å². The average molecular weight is 272 g/mol. The molecule has 19 heavy (non-hydrogen) atoms. The summed E-state index contributed by atoms with van der Waals surface area (Å²) in [6.45, 7) is 1.81. The summed E-state index contributed by atoms with van der Waals surface area (Å²) in [5.74, 6) is -0.289.